The molecule has 188 valence electrons. The molecule has 0 bridgehead atoms. The second-order valence-corrected chi connectivity index (χ2v) is 9.78. The molecule has 1 fully saturated rings. The number of piperazine rings is 1. The van der Waals surface area contributed by atoms with Crippen LogP contribution in [-0.2, 0) is 11.3 Å². The summed E-state index contributed by atoms with van der Waals surface area (Å²) in [6.07, 6.45) is 3.13. The number of hydrogen-bond donors (Lipinski definition) is 1. The Balaban J connectivity index is 1.11. The lowest BCUT2D eigenvalue weighted by molar-refractivity contribution is -0.111. The largest absolute Gasteiger partial charge is 0.457 e. The Morgan fingerprint density at radius 3 is 2.32 bits per heavy atom. The van der Waals surface area contributed by atoms with Crippen LogP contribution in [0, 0.1) is 0 Å². The quantitative estimate of drug-likeness (QED) is 0.255. The van der Waals surface area contributed by atoms with Gasteiger partial charge in [-0.05, 0) is 78.4 Å². The highest BCUT2D eigenvalue weighted by Crippen LogP contribution is 2.25. The normalized spacial score (nSPS) is 14.3. The van der Waals surface area contributed by atoms with E-state index in [1.807, 2.05) is 78.9 Å². The van der Waals surface area contributed by atoms with Crippen LogP contribution in [-0.4, -0.2) is 37.0 Å². The maximum absolute atomic E-state index is 12.4. The zero-order valence-corrected chi connectivity index (χ0v) is 21.8. The molecule has 0 atom stereocenters. The van der Waals surface area contributed by atoms with Crippen molar-refractivity contribution >= 4 is 46.6 Å². The van der Waals surface area contributed by atoms with E-state index in [1.54, 1.807) is 6.08 Å². The van der Waals surface area contributed by atoms with Gasteiger partial charge in [-0.1, -0.05) is 41.4 Å². The molecule has 1 aliphatic heterocycles. The van der Waals surface area contributed by atoms with Crippen molar-refractivity contribution in [2.24, 2.45) is 0 Å². The van der Waals surface area contributed by atoms with E-state index in [-0.39, 0.29) is 5.91 Å². The average Bonchev–Trinajstić information content (AvgIpc) is 3.39. The van der Waals surface area contributed by atoms with Crippen LogP contribution in [0.25, 0.3) is 17.4 Å². The van der Waals surface area contributed by atoms with Crippen LogP contribution >= 0.6 is 23.2 Å². The summed E-state index contributed by atoms with van der Waals surface area (Å²) in [7, 11) is 0. The van der Waals surface area contributed by atoms with E-state index < -0.39 is 0 Å². The number of rotatable bonds is 7. The van der Waals surface area contributed by atoms with Crippen molar-refractivity contribution in [3.63, 3.8) is 0 Å². The number of nitrogens with one attached hydrogen (secondary N) is 1. The highest BCUT2D eigenvalue weighted by Gasteiger charge is 2.18. The van der Waals surface area contributed by atoms with Gasteiger partial charge in [0.25, 0.3) is 0 Å². The van der Waals surface area contributed by atoms with Crippen LogP contribution in [0.5, 0.6) is 0 Å². The number of furan rings is 1. The maximum atomic E-state index is 12.4. The number of benzene rings is 3. The summed E-state index contributed by atoms with van der Waals surface area (Å²) in [5.74, 6) is 1.10. The number of carbonyl (C=O) groups excluding carboxylic acids is 1. The molecule has 0 radical (unpaired) electrons. The summed E-state index contributed by atoms with van der Waals surface area (Å²) < 4.78 is 5.81. The first-order valence-electron chi connectivity index (χ1n) is 12.2. The van der Waals surface area contributed by atoms with Gasteiger partial charge in [0.1, 0.15) is 11.5 Å². The molecule has 1 saturated heterocycles. The van der Waals surface area contributed by atoms with E-state index in [1.165, 1.54) is 11.6 Å². The van der Waals surface area contributed by atoms with Gasteiger partial charge >= 0.3 is 0 Å². The molecule has 2 heterocycles. The number of anilines is 2. The molecule has 0 spiro atoms. The smallest absolute Gasteiger partial charge is 0.248 e. The first-order chi connectivity index (χ1) is 18.0. The Morgan fingerprint density at radius 2 is 1.59 bits per heavy atom. The van der Waals surface area contributed by atoms with Crippen LogP contribution < -0.4 is 10.2 Å². The van der Waals surface area contributed by atoms with Crippen LogP contribution in [0.3, 0.4) is 0 Å². The van der Waals surface area contributed by atoms with Gasteiger partial charge in [0, 0.05) is 65.8 Å². The van der Waals surface area contributed by atoms with Gasteiger partial charge < -0.3 is 14.6 Å². The van der Waals surface area contributed by atoms with Crippen molar-refractivity contribution in [1.82, 2.24) is 4.90 Å². The second-order valence-electron chi connectivity index (χ2n) is 8.93. The lowest BCUT2D eigenvalue weighted by atomic mass is 10.2. The van der Waals surface area contributed by atoms with Crippen molar-refractivity contribution in [2.75, 3.05) is 36.4 Å². The number of halogens is 2. The molecule has 1 N–H and O–H groups in total. The van der Waals surface area contributed by atoms with Gasteiger partial charge in [0.15, 0.2) is 0 Å². The van der Waals surface area contributed by atoms with Crippen LogP contribution in [0.2, 0.25) is 10.0 Å². The Morgan fingerprint density at radius 1 is 0.865 bits per heavy atom. The van der Waals surface area contributed by atoms with Crippen LogP contribution in [0.4, 0.5) is 11.4 Å². The number of nitrogens with zero attached hydrogens (tertiary/aromatic N) is 2. The van der Waals surface area contributed by atoms with Crippen molar-refractivity contribution < 1.29 is 9.21 Å². The lowest BCUT2D eigenvalue weighted by Crippen LogP contribution is -2.46. The molecule has 0 unspecified atom stereocenters. The molecular formula is C30H27Cl2N3O2. The molecule has 7 heteroatoms. The van der Waals surface area contributed by atoms with Crippen molar-refractivity contribution in [1.29, 1.82) is 0 Å². The molecule has 5 rings (SSSR count). The van der Waals surface area contributed by atoms with Gasteiger partial charge in [-0.25, -0.2) is 0 Å². The molecule has 5 nitrogen and oxygen atoms in total. The molecule has 1 aliphatic rings. The number of amides is 1. The van der Waals surface area contributed by atoms with Gasteiger partial charge in [-0.15, -0.1) is 0 Å². The summed E-state index contributed by atoms with van der Waals surface area (Å²) >= 11 is 12.3. The summed E-state index contributed by atoms with van der Waals surface area (Å²) in [5.41, 5.74) is 3.99. The third kappa shape index (κ3) is 6.63. The minimum Gasteiger partial charge on any atom is -0.457 e. The Kier molecular flexibility index (Phi) is 7.95. The SMILES string of the molecule is O=C(C=Cc1ccc(-c2ccc(Cl)cc2)o1)Nc1ccc(N2CCN(Cc3ccccc3Cl)CC2)cc1. The molecule has 3 aromatic carbocycles. The standard InChI is InChI=1S/C30H27Cl2N3O2/c31-24-7-5-22(6-8-24)29-15-13-27(37-29)14-16-30(36)33-25-9-11-26(12-10-25)35-19-17-34(18-20-35)21-23-3-1-2-4-28(23)32/h1-16H,17-21H2,(H,33,36). The minimum absolute atomic E-state index is 0.217. The molecule has 1 aromatic heterocycles. The summed E-state index contributed by atoms with van der Waals surface area (Å²) in [4.78, 5) is 17.2. The monoisotopic (exact) mass is 531 g/mol. The zero-order chi connectivity index (χ0) is 25.6. The fourth-order valence-electron chi connectivity index (χ4n) is 4.34. The molecular weight excluding hydrogens is 505 g/mol. The fraction of sp³-hybridized carbons (Fsp3) is 0.167. The van der Waals surface area contributed by atoms with E-state index >= 15 is 0 Å². The number of carbonyl (C=O) groups is 1. The van der Waals surface area contributed by atoms with Crippen LogP contribution in [0.1, 0.15) is 11.3 Å². The van der Waals surface area contributed by atoms with E-state index in [0.717, 1.165) is 60.4 Å². The lowest BCUT2D eigenvalue weighted by Gasteiger charge is -2.36. The summed E-state index contributed by atoms with van der Waals surface area (Å²) in [6, 6.07) is 27.1. The third-order valence-corrected chi connectivity index (χ3v) is 7.00. The average molecular weight is 532 g/mol. The van der Waals surface area contributed by atoms with Crippen molar-refractivity contribution in [3.05, 3.63) is 112 Å². The maximum Gasteiger partial charge on any atom is 0.248 e. The predicted molar refractivity (Wildman–Crippen MR) is 152 cm³/mol. The summed E-state index contributed by atoms with van der Waals surface area (Å²) in [6.45, 7) is 4.70. The fourth-order valence-corrected chi connectivity index (χ4v) is 4.66. The molecule has 0 saturated carbocycles. The second kappa shape index (κ2) is 11.7. The van der Waals surface area contributed by atoms with E-state index in [9.17, 15) is 4.79 Å². The zero-order valence-electron chi connectivity index (χ0n) is 20.2. The van der Waals surface area contributed by atoms with E-state index in [4.69, 9.17) is 27.6 Å². The first-order valence-corrected chi connectivity index (χ1v) is 12.9. The topological polar surface area (TPSA) is 48.7 Å². The highest BCUT2D eigenvalue weighted by atomic mass is 35.5. The first kappa shape index (κ1) is 25.2. The summed E-state index contributed by atoms with van der Waals surface area (Å²) in [5, 5.41) is 4.40. The Bertz CT molecular complexity index is 1370. The molecule has 1 amide bonds. The molecule has 4 aromatic rings. The van der Waals surface area contributed by atoms with Crippen molar-refractivity contribution in [2.45, 2.75) is 6.54 Å². The van der Waals surface area contributed by atoms with E-state index in [0.29, 0.717) is 10.8 Å². The van der Waals surface area contributed by atoms with Gasteiger partial charge in [-0.3, -0.25) is 9.69 Å². The molecule has 0 aliphatic carbocycles. The Hall–Kier alpha value is -3.51. The van der Waals surface area contributed by atoms with Crippen LogP contribution in [0.15, 0.2) is 95.4 Å². The highest BCUT2D eigenvalue weighted by molar-refractivity contribution is 6.31. The molecule has 37 heavy (non-hydrogen) atoms. The minimum atomic E-state index is -0.217. The van der Waals surface area contributed by atoms with E-state index in [2.05, 4.69) is 21.2 Å². The third-order valence-electron chi connectivity index (χ3n) is 6.38. The van der Waals surface area contributed by atoms with Gasteiger partial charge in [0.05, 0.1) is 0 Å². The predicted octanol–water partition coefficient (Wildman–Crippen LogP) is 7.23. The Labute approximate surface area is 226 Å². The van der Waals surface area contributed by atoms with Gasteiger partial charge in [-0.2, -0.15) is 0 Å². The number of hydrogen-bond acceptors (Lipinski definition) is 4. The van der Waals surface area contributed by atoms with Crippen molar-refractivity contribution in [3.8, 4) is 11.3 Å². The van der Waals surface area contributed by atoms with Gasteiger partial charge in [0.2, 0.25) is 5.91 Å².